The van der Waals surface area contributed by atoms with Gasteiger partial charge in [0, 0.05) is 17.7 Å². The molecule has 3 aromatic rings. The zero-order chi connectivity index (χ0) is 22.7. The molecule has 1 aliphatic rings. The number of hydrogen-bond acceptors (Lipinski definition) is 3. The van der Waals surface area contributed by atoms with Crippen LogP contribution in [0.4, 0.5) is 5.69 Å². The van der Waals surface area contributed by atoms with Gasteiger partial charge in [-0.25, -0.2) is 8.42 Å². The van der Waals surface area contributed by atoms with Crippen LogP contribution in [0.3, 0.4) is 0 Å². The molecule has 0 fully saturated rings. The molecule has 0 bridgehead atoms. The van der Waals surface area contributed by atoms with Crippen LogP contribution >= 0.6 is 0 Å². The Labute approximate surface area is 190 Å². The van der Waals surface area contributed by atoms with Crippen molar-refractivity contribution < 1.29 is 13.2 Å². The maximum absolute atomic E-state index is 13.3. The number of fused-ring (bicyclic) bond motifs is 3. The lowest BCUT2D eigenvalue weighted by atomic mass is 9.99. The van der Waals surface area contributed by atoms with E-state index in [0.717, 1.165) is 30.4 Å². The van der Waals surface area contributed by atoms with E-state index >= 15 is 0 Å². The Morgan fingerprint density at radius 2 is 1.75 bits per heavy atom. The Bertz CT molecular complexity index is 1250. The van der Waals surface area contributed by atoms with Crippen molar-refractivity contribution >= 4 is 21.6 Å². The molecule has 0 saturated heterocycles. The first-order valence-electron chi connectivity index (χ1n) is 11.0. The topological polar surface area (TPSA) is 66.5 Å². The third-order valence-electron chi connectivity index (χ3n) is 5.82. The van der Waals surface area contributed by atoms with E-state index in [9.17, 15) is 13.2 Å². The van der Waals surface area contributed by atoms with Crippen LogP contribution in [0.1, 0.15) is 30.0 Å². The van der Waals surface area contributed by atoms with Gasteiger partial charge in [-0.3, -0.25) is 9.10 Å². The maximum Gasteiger partial charge on any atom is 0.265 e. The highest BCUT2D eigenvalue weighted by molar-refractivity contribution is 7.93. The number of aryl methyl sites for hydroxylation is 3. The lowest BCUT2D eigenvalue weighted by Crippen LogP contribution is -2.42. The fourth-order valence-corrected chi connectivity index (χ4v) is 5.79. The number of anilines is 1. The number of nitrogens with one attached hydrogen (secondary N) is 1. The second kappa shape index (κ2) is 9.17. The third-order valence-corrected chi connectivity index (χ3v) is 7.64. The van der Waals surface area contributed by atoms with E-state index in [2.05, 4.69) is 37.4 Å². The van der Waals surface area contributed by atoms with E-state index in [1.807, 2.05) is 36.4 Å². The molecule has 0 spiro atoms. The molecule has 0 aliphatic carbocycles. The Balaban J connectivity index is 1.50. The monoisotopic (exact) mass is 448 g/mol. The molecule has 0 aromatic heterocycles. The molecule has 5 nitrogen and oxygen atoms in total. The van der Waals surface area contributed by atoms with Crippen LogP contribution in [0, 0.1) is 6.92 Å². The zero-order valence-corrected chi connectivity index (χ0v) is 19.3. The van der Waals surface area contributed by atoms with Crippen molar-refractivity contribution in [3.63, 3.8) is 0 Å². The first-order valence-corrected chi connectivity index (χ1v) is 12.4. The molecule has 6 heteroatoms. The number of nitrogens with zero attached hydrogens (tertiary/aromatic N) is 1. The summed E-state index contributed by atoms with van der Waals surface area (Å²) in [5, 5.41) is 2.88. The van der Waals surface area contributed by atoms with Crippen molar-refractivity contribution in [3.8, 4) is 11.1 Å². The number of amides is 1. The largest absolute Gasteiger partial charge is 0.355 e. The van der Waals surface area contributed by atoms with Gasteiger partial charge in [-0.2, -0.15) is 0 Å². The lowest BCUT2D eigenvalue weighted by Gasteiger charge is -2.32. The van der Waals surface area contributed by atoms with Crippen molar-refractivity contribution in [1.29, 1.82) is 0 Å². The highest BCUT2D eigenvalue weighted by atomic mass is 32.2. The number of sulfonamides is 1. The van der Waals surface area contributed by atoms with Gasteiger partial charge in [0.25, 0.3) is 10.0 Å². The van der Waals surface area contributed by atoms with E-state index in [1.165, 1.54) is 15.4 Å². The quantitative estimate of drug-likeness (QED) is 0.542. The zero-order valence-electron chi connectivity index (χ0n) is 18.5. The summed E-state index contributed by atoms with van der Waals surface area (Å²) in [7, 11) is -3.82. The van der Waals surface area contributed by atoms with Gasteiger partial charge in [0.15, 0.2) is 0 Å². The minimum atomic E-state index is -3.82. The molecule has 1 heterocycles. The van der Waals surface area contributed by atoms with Gasteiger partial charge in [0.1, 0.15) is 6.54 Å². The van der Waals surface area contributed by atoms with Gasteiger partial charge in [0.2, 0.25) is 5.91 Å². The van der Waals surface area contributed by atoms with Crippen molar-refractivity contribution in [2.24, 2.45) is 0 Å². The Morgan fingerprint density at radius 3 is 2.53 bits per heavy atom. The van der Waals surface area contributed by atoms with E-state index in [4.69, 9.17) is 0 Å². The van der Waals surface area contributed by atoms with E-state index in [0.29, 0.717) is 17.8 Å². The van der Waals surface area contributed by atoms with Crippen LogP contribution in [-0.4, -0.2) is 27.4 Å². The fraction of sp³-hybridized carbons (Fsp3) is 0.269. The lowest BCUT2D eigenvalue weighted by molar-refractivity contribution is -0.119. The minimum absolute atomic E-state index is 0.237. The van der Waals surface area contributed by atoms with Crippen molar-refractivity contribution in [2.45, 2.75) is 38.0 Å². The summed E-state index contributed by atoms with van der Waals surface area (Å²) in [6.07, 6.45) is 2.50. The van der Waals surface area contributed by atoms with Gasteiger partial charge in [-0.05, 0) is 55.5 Å². The van der Waals surface area contributed by atoms with Crippen LogP contribution in [0.2, 0.25) is 0 Å². The molecule has 4 rings (SSSR count). The van der Waals surface area contributed by atoms with Crippen molar-refractivity contribution in [2.75, 3.05) is 17.4 Å². The minimum Gasteiger partial charge on any atom is -0.355 e. The molecular weight excluding hydrogens is 420 g/mol. The Hall–Kier alpha value is -3.12. The molecule has 1 N–H and O–H groups in total. The molecule has 0 radical (unpaired) electrons. The number of hydrogen-bond donors (Lipinski definition) is 1. The highest BCUT2D eigenvalue weighted by Crippen LogP contribution is 2.43. The van der Waals surface area contributed by atoms with Gasteiger partial charge in [-0.1, -0.05) is 61.0 Å². The molecule has 0 atom stereocenters. The summed E-state index contributed by atoms with van der Waals surface area (Å²) in [5.74, 6) is -0.303. The molecule has 0 unspecified atom stereocenters. The van der Waals surface area contributed by atoms with E-state index < -0.39 is 10.0 Å². The second-order valence-electron chi connectivity index (χ2n) is 8.16. The SMILES string of the molecule is CCc1ccc2c(c1)-c1ccccc1S(=O)(=O)N2CC(=O)NCCCc1cccc(C)c1. The Morgan fingerprint density at radius 1 is 0.938 bits per heavy atom. The first-order chi connectivity index (χ1) is 15.4. The number of carbonyl (C=O) groups is 1. The van der Waals surface area contributed by atoms with Crippen LogP contribution in [0.15, 0.2) is 71.6 Å². The average Bonchev–Trinajstić information content (AvgIpc) is 2.79. The summed E-state index contributed by atoms with van der Waals surface area (Å²) in [6, 6.07) is 21.1. The van der Waals surface area contributed by atoms with Gasteiger partial charge in [-0.15, -0.1) is 0 Å². The second-order valence-corrected chi connectivity index (χ2v) is 9.99. The normalized spacial score (nSPS) is 13.9. The van der Waals surface area contributed by atoms with Crippen LogP contribution in [0.25, 0.3) is 11.1 Å². The van der Waals surface area contributed by atoms with E-state index in [-0.39, 0.29) is 17.3 Å². The van der Waals surface area contributed by atoms with Gasteiger partial charge >= 0.3 is 0 Å². The average molecular weight is 449 g/mol. The fourth-order valence-electron chi connectivity index (χ4n) is 4.14. The number of benzene rings is 3. The third kappa shape index (κ3) is 4.41. The standard InChI is InChI=1S/C26H28N2O3S/c1-3-20-13-14-24-23(17-20)22-11-4-5-12-25(22)32(30,31)28(24)18-26(29)27-15-7-10-21-9-6-8-19(2)16-21/h4-6,8-9,11-14,16-17H,3,7,10,15,18H2,1-2H3,(H,27,29). The predicted molar refractivity (Wildman–Crippen MR) is 128 cm³/mol. The van der Waals surface area contributed by atoms with E-state index in [1.54, 1.807) is 12.1 Å². The van der Waals surface area contributed by atoms with Crippen LogP contribution < -0.4 is 9.62 Å². The Kier molecular flexibility index (Phi) is 6.33. The summed E-state index contributed by atoms with van der Waals surface area (Å²) < 4.78 is 27.9. The summed E-state index contributed by atoms with van der Waals surface area (Å²) in [6.45, 7) is 4.39. The van der Waals surface area contributed by atoms with Crippen molar-refractivity contribution in [3.05, 3.63) is 83.4 Å². The molecule has 1 amide bonds. The maximum atomic E-state index is 13.3. The number of carbonyl (C=O) groups excluding carboxylic acids is 1. The predicted octanol–water partition coefficient (Wildman–Crippen LogP) is 4.48. The summed E-state index contributed by atoms with van der Waals surface area (Å²) in [4.78, 5) is 12.9. The van der Waals surface area contributed by atoms with Gasteiger partial charge < -0.3 is 5.32 Å². The smallest absolute Gasteiger partial charge is 0.265 e. The molecule has 1 aliphatic heterocycles. The highest BCUT2D eigenvalue weighted by Gasteiger charge is 2.35. The molecule has 32 heavy (non-hydrogen) atoms. The first kappa shape index (κ1) is 22.1. The molecule has 166 valence electrons. The number of rotatable bonds is 7. The van der Waals surface area contributed by atoms with Crippen LogP contribution in [0.5, 0.6) is 0 Å². The molecule has 3 aromatic carbocycles. The molecule has 0 saturated carbocycles. The summed E-state index contributed by atoms with van der Waals surface area (Å²) >= 11 is 0. The van der Waals surface area contributed by atoms with Crippen LogP contribution in [-0.2, 0) is 27.7 Å². The summed E-state index contributed by atoms with van der Waals surface area (Å²) in [5.41, 5.74) is 5.66. The van der Waals surface area contributed by atoms with Crippen molar-refractivity contribution in [1.82, 2.24) is 5.32 Å². The molecular formula is C26H28N2O3S. The van der Waals surface area contributed by atoms with Gasteiger partial charge in [0.05, 0.1) is 10.6 Å².